The lowest BCUT2D eigenvalue weighted by Gasteiger charge is -2.20. The molecule has 0 aromatic carbocycles. The molecule has 6 heteroatoms. The molecule has 2 unspecified atom stereocenters. The molecule has 394 valence electrons. The van der Waals surface area contributed by atoms with E-state index in [2.05, 4.69) is 43.5 Å². The van der Waals surface area contributed by atoms with Gasteiger partial charge in [-0.15, -0.1) is 0 Å². The van der Waals surface area contributed by atoms with E-state index in [1.165, 1.54) is 244 Å². The van der Waals surface area contributed by atoms with Crippen LogP contribution in [0.4, 0.5) is 0 Å². The molecule has 0 heterocycles. The number of carbonyl (C=O) groups is 2. The first-order chi connectivity index (χ1) is 33.0. The van der Waals surface area contributed by atoms with Crippen LogP contribution in [0.15, 0.2) is 36.5 Å². The topological polar surface area (TPSA) is 95.9 Å². The number of unbranched alkanes of at least 4 members (excludes halogenated alkanes) is 40. The minimum Gasteiger partial charge on any atom is -0.466 e. The Morgan fingerprint density at radius 3 is 1.10 bits per heavy atom. The first-order valence-corrected chi connectivity index (χ1v) is 29.8. The number of aliphatic hydroxyl groups is 2. The molecule has 0 saturated carbocycles. The van der Waals surface area contributed by atoms with Gasteiger partial charge in [-0.05, 0) is 77.0 Å². The highest BCUT2D eigenvalue weighted by Gasteiger charge is 2.18. The van der Waals surface area contributed by atoms with Crippen molar-refractivity contribution in [2.45, 2.75) is 328 Å². The van der Waals surface area contributed by atoms with Gasteiger partial charge in [0.15, 0.2) is 0 Å². The number of allylic oxidation sites excluding steroid dienone is 5. The second-order valence-corrected chi connectivity index (χ2v) is 20.3. The molecule has 0 aromatic rings. The number of hydrogen-bond acceptors (Lipinski definition) is 5. The Bertz CT molecular complexity index is 1090. The molecular weight excluding hydrogens is 827 g/mol. The van der Waals surface area contributed by atoms with E-state index in [0.717, 1.165) is 44.9 Å². The van der Waals surface area contributed by atoms with Crippen molar-refractivity contribution < 1.29 is 24.5 Å². The van der Waals surface area contributed by atoms with Crippen LogP contribution in [0.25, 0.3) is 0 Å². The molecule has 67 heavy (non-hydrogen) atoms. The monoisotopic (exact) mass is 942 g/mol. The van der Waals surface area contributed by atoms with Crippen LogP contribution < -0.4 is 5.32 Å². The highest BCUT2D eigenvalue weighted by atomic mass is 16.5. The van der Waals surface area contributed by atoms with E-state index in [4.69, 9.17) is 4.74 Å². The molecule has 1 amide bonds. The first kappa shape index (κ1) is 65.1. The Morgan fingerprint density at radius 2 is 0.716 bits per heavy atom. The third-order valence-electron chi connectivity index (χ3n) is 13.6. The molecule has 0 spiro atoms. The zero-order valence-electron chi connectivity index (χ0n) is 44.9. The molecule has 0 aromatic heterocycles. The zero-order valence-corrected chi connectivity index (χ0v) is 44.9. The van der Waals surface area contributed by atoms with E-state index < -0.39 is 12.1 Å². The summed E-state index contributed by atoms with van der Waals surface area (Å²) < 4.78 is 5.46. The standard InChI is InChI=1S/C61H115NO5/c1-3-5-7-9-11-13-34-39-43-47-51-55-61(66)67-56-52-48-44-40-36-33-31-29-27-25-23-21-19-17-15-14-16-18-20-22-24-26-28-30-32-35-38-42-46-50-54-60(65)62-58(57-63)59(64)53-49-45-41-37-12-10-8-6-4-2/h9,11,15,17,49,53,58-59,63-64H,3-8,10,12-14,16,18-48,50-52,54-57H2,1-2H3,(H,62,65)/b11-9-,17-15-,53-49+. The van der Waals surface area contributed by atoms with Crippen LogP contribution >= 0.6 is 0 Å². The summed E-state index contributed by atoms with van der Waals surface area (Å²) in [4.78, 5) is 24.4. The average molecular weight is 943 g/mol. The molecule has 6 nitrogen and oxygen atoms in total. The van der Waals surface area contributed by atoms with Gasteiger partial charge in [-0.2, -0.15) is 0 Å². The van der Waals surface area contributed by atoms with Crippen molar-refractivity contribution in [3.63, 3.8) is 0 Å². The summed E-state index contributed by atoms with van der Waals surface area (Å²) in [5.74, 6) is -0.0637. The molecule has 0 fully saturated rings. The number of ether oxygens (including phenoxy) is 1. The molecule has 0 bridgehead atoms. The van der Waals surface area contributed by atoms with Gasteiger partial charge in [-0.25, -0.2) is 0 Å². The van der Waals surface area contributed by atoms with Crippen molar-refractivity contribution in [2.24, 2.45) is 0 Å². The number of hydrogen-bond donors (Lipinski definition) is 3. The number of rotatable bonds is 55. The number of aliphatic hydroxyl groups excluding tert-OH is 2. The number of esters is 1. The van der Waals surface area contributed by atoms with Gasteiger partial charge in [0.1, 0.15) is 0 Å². The second kappa shape index (κ2) is 56.7. The zero-order chi connectivity index (χ0) is 48.6. The molecule has 0 saturated heterocycles. The van der Waals surface area contributed by atoms with E-state index in [1.54, 1.807) is 6.08 Å². The predicted molar refractivity (Wildman–Crippen MR) is 292 cm³/mol. The summed E-state index contributed by atoms with van der Waals surface area (Å²) in [6.07, 6.45) is 70.6. The fourth-order valence-electron chi connectivity index (χ4n) is 9.02. The minimum atomic E-state index is -0.841. The normalized spacial score (nSPS) is 12.8. The summed E-state index contributed by atoms with van der Waals surface area (Å²) in [6, 6.07) is -0.624. The van der Waals surface area contributed by atoms with Crippen LogP contribution in [-0.2, 0) is 14.3 Å². The molecule has 0 radical (unpaired) electrons. The highest BCUT2D eigenvalue weighted by Crippen LogP contribution is 2.17. The Morgan fingerprint density at radius 1 is 0.403 bits per heavy atom. The van der Waals surface area contributed by atoms with Gasteiger partial charge < -0.3 is 20.3 Å². The van der Waals surface area contributed by atoms with Gasteiger partial charge in [0.25, 0.3) is 0 Å². The van der Waals surface area contributed by atoms with Crippen LogP contribution in [-0.4, -0.2) is 47.4 Å². The van der Waals surface area contributed by atoms with Gasteiger partial charge in [-0.1, -0.05) is 262 Å². The van der Waals surface area contributed by atoms with E-state index in [-0.39, 0.29) is 18.5 Å². The number of nitrogens with one attached hydrogen (secondary N) is 1. The lowest BCUT2D eigenvalue weighted by atomic mass is 10.0. The maximum Gasteiger partial charge on any atom is 0.305 e. The van der Waals surface area contributed by atoms with Crippen molar-refractivity contribution in [3.8, 4) is 0 Å². The van der Waals surface area contributed by atoms with E-state index in [1.807, 2.05) is 6.08 Å². The van der Waals surface area contributed by atoms with Crippen LogP contribution in [0.5, 0.6) is 0 Å². The molecule has 3 N–H and O–H groups in total. The van der Waals surface area contributed by atoms with Crippen molar-refractivity contribution in [2.75, 3.05) is 13.2 Å². The average Bonchev–Trinajstić information content (AvgIpc) is 3.33. The van der Waals surface area contributed by atoms with Gasteiger partial charge in [0.2, 0.25) is 5.91 Å². The Kier molecular flexibility index (Phi) is 55.0. The highest BCUT2D eigenvalue weighted by molar-refractivity contribution is 5.76. The predicted octanol–water partition coefficient (Wildman–Crippen LogP) is 18.4. The number of carbonyl (C=O) groups excluding carboxylic acids is 2. The van der Waals surface area contributed by atoms with E-state index in [0.29, 0.717) is 19.4 Å². The van der Waals surface area contributed by atoms with Gasteiger partial charge in [-0.3, -0.25) is 9.59 Å². The van der Waals surface area contributed by atoms with Gasteiger partial charge >= 0.3 is 5.97 Å². The lowest BCUT2D eigenvalue weighted by molar-refractivity contribution is -0.143. The van der Waals surface area contributed by atoms with Crippen molar-refractivity contribution >= 4 is 11.9 Å². The van der Waals surface area contributed by atoms with E-state index >= 15 is 0 Å². The van der Waals surface area contributed by atoms with Gasteiger partial charge in [0.05, 0.1) is 25.4 Å². The quantitative estimate of drug-likeness (QED) is 0.0321. The maximum absolute atomic E-state index is 12.4. The fraction of sp³-hybridized carbons (Fsp3) is 0.869. The second-order valence-electron chi connectivity index (χ2n) is 20.3. The summed E-state index contributed by atoms with van der Waals surface area (Å²) in [5.41, 5.74) is 0. The van der Waals surface area contributed by atoms with E-state index in [9.17, 15) is 19.8 Å². The molecule has 0 aliphatic rings. The fourth-order valence-corrected chi connectivity index (χ4v) is 9.02. The molecule has 0 rings (SSSR count). The Balaban J connectivity index is 3.35. The molecular formula is C61H115NO5. The minimum absolute atomic E-state index is 0.00524. The summed E-state index contributed by atoms with van der Waals surface area (Å²) in [5, 5.41) is 22.9. The first-order valence-electron chi connectivity index (χ1n) is 29.8. The third kappa shape index (κ3) is 53.3. The van der Waals surface area contributed by atoms with Crippen LogP contribution in [0.1, 0.15) is 316 Å². The molecule has 0 aliphatic carbocycles. The van der Waals surface area contributed by atoms with Gasteiger partial charge in [0, 0.05) is 12.8 Å². The Labute approximate surface area is 417 Å². The number of amides is 1. The lowest BCUT2D eigenvalue weighted by Crippen LogP contribution is -2.45. The van der Waals surface area contributed by atoms with Crippen LogP contribution in [0, 0.1) is 0 Å². The van der Waals surface area contributed by atoms with Crippen LogP contribution in [0.3, 0.4) is 0 Å². The molecule has 0 aliphatic heterocycles. The van der Waals surface area contributed by atoms with Crippen molar-refractivity contribution in [1.29, 1.82) is 0 Å². The smallest absolute Gasteiger partial charge is 0.305 e. The molecule has 2 atom stereocenters. The van der Waals surface area contributed by atoms with Crippen molar-refractivity contribution in [1.82, 2.24) is 5.32 Å². The summed E-state index contributed by atoms with van der Waals surface area (Å²) >= 11 is 0. The largest absolute Gasteiger partial charge is 0.466 e. The summed E-state index contributed by atoms with van der Waals surface area (Å²) in [7, 11) is 0. The SMILES string of the molecule is CCCC/C=C\CCCCCCCC(=O)OCCCCCCCCCCCCCC/C=C\CCCCCCCCCCCCCCCCC(=O)NC(CO)C(O)/C=C/CCCCCCCCC. The maximum atomic E-state index is 12.4. The Hall–Kier alpha value is -1.92. The van der Waals surface area contributed by atoms with Crippen LogP contribution in [0.2, 0.25) is 0 Å². The third-order valence-corrected chi connectivity index (χ3v) is 13.6. The summed E-state index contributed by atoms with van der Waals surface area (Å²) in [6.45, 7) is 4.84. The van der Waals surface area contributed by atoms with Crippen molar-refractivity contribution in [3.05, 3.63) is 36.5 Å².